The van der Waals surface area contributed by atoms with Crippen LogP contribution in [-0.2, 0) is 9.59 Å². The number of rotatable bonds is 12. The first-order valence-corrected chi connectivity index (χ1v) is 8.06. The summed E-state index contributed by atoms with van der Waals surface area (Å²) in [5, 5.41) is 8.46. The molecule has 0 rings (SSSR count). The number of aliphatic carboxylic acids is 1. The molecule has 3 heteroatoms. The minimum Gasteiger partial charge on any atom is -0.481 e. The van der Waals surface area contributed by atoms with Gasteiger partial charge in [-0.2, -0.15) is 0 Å². The van der Waals surface area contributed by atoms with E-state index in [1.165, 1.54) is 25.7 Å². The van der Waals surface area contributed by atoms with Crippen molar-refractivity contribution >= 4 is 11.8 Å². The highest BCUT2D eigenvalue weighted by molar-refractivity contribution is 5.89. The van der Waals surface area contributed by atoms with E-state index < -0.39 is 5.97 Å². The normalized spacial score (nSPS) is 10.3. The summed E-state index contributed by atoms with van der Waals surface area (Å²) in [5.74, 6) is 5.13. The van der Waals surface area contributed by atoms with Gasteiger partial charge >= 0.3 is 5.97 Å². The van der Waals surface area contributed by atoms with Gasteiger partial charge < -0.3 is 5.11 Å². The fourth-order valence-corrected chi connectivity index (χ4v) is 1.92. The summed E-state index contributed by atoms with van der Waals surface area (Å²) >= 11 is 0. The monoisotopic (exact) mass is 292 g/mol. The number of carbonyl (C=O) groups excluding carboxylic acids is 1. The summed E-state index contributed by atoms with van der Waals surface area (Å²) in [4.78, 5) is 21.8. The molecule has 0 radical (unpaired) electrons. The summed E-state index contributed by atoms with van der Waals surface area (Å²) in [7, 11) is 0. The van der Waals surface area contributed by atoms with Gasteiger partial charge in [0.1, 0.15) is 0 Å². The SMILES string of the molecule is CCCCCCCCC(=O)C=CC#CCCCCC(=O)O. The van der Waals surface area contributed by atoms with Gasteiger partial charge in [0.25, 0.3) is 0 Å². The molecule has 0 aliphatic heterocycles. The Morgan fingerprint density at radius 1 is 0.952 bits per heavy atom. The van der Waals surface area contributed by atoms with Crippen molar-refractivity contribution in [2.75, 3.05) is 0 Å². The van der Waals surface area contributed by atoms with Crippen molar-refractivity contribution in [2.45, 2.75) is 77.6 Å². The summed E-state index contributed by atoms with van der Waals surface area (Å²) in [6, 6.07) is 0. The first-order chi connectivity index (χ1) is 10.2. The first kappa shape index (κ1) is 19.4. The third kappa shape index (κ3) is 16.4. The predicted octanol–water partition coefficient (Wildman–Crippen LogP) is 4.51. The minimum absolute atomic E-state index is 0.144. The van der Waals surface area contributed by atoms with E-state index in [-0.39, 0.29) is 12.2 Å². The number of hydrogen-bond acceptors (Lipinski definition) is 2. The zero-order valence-corrected chi connectivity index (χ0v) is 13.2. The Kier molecular flexibility index (Phi) is 13.7. The van der Waals surface area contributed by atoms with E-state index in [1.54, 1.807) is 12.2 Å². The van der Waals surface area contributed by atoms with Crippen LogP contribution < -0.4 is 0 Å². The van der Waals surface area contributed by atoms with Crippen LogP contribution >= 0.6 is 0 Å². The maximum Gasteiger partial charge on any atom is 0.303 e. The third-order valence-electron chi connectivity index (χ3n) is 3.17. The summed E-state index contributed by atoms with van der Waals surface area (Å²) in [6.45, 7) is 2.20. The molecule has 0 fully saturated rings. The van der Waals surface area contributed by atoms with Gasteiger partial charge in [0.05, 0.1) is 0 Å². The first-order valence-electron chi connectivity index (χ1n) is 8.06. The second-order valence-corrected chi connectivity index (χ2v) is 5.24. The fraction of sp³-hybridized carbons (Fsp3) is 0.667. The smallest absolute Gasteiger partial charge is 0.303 e. The topological polar surface area (TPSA) is 54.4 Å². The van der Waals surface area contributed by atoms with Gasteiger partial charge in [-0.3, -0.25) is 9.59 Å². The van der Waals surface area contributed by atoms with Crippen LogP contribution in [0, 0.1) is 11.8 Å². The van der Waals surface area contributed by atoms with Gasteiger partial charge in [0, 0.05) is 19.3 Å². The Bertz CT molecular complexity index is 372. The van der Waals surface area contributed by atoms with Crippen molar-refractivity contribution in [1.29, 1.82) is 0 Å². The van der Waals surface area contributed by atoms with Gasteiger partial charge in [0.2, 0.25) is 0 Å². The summed E-state index contributed by atoms with van der Waals surface area (Å²) in [5.41, 5.74) is 0. The van der Waals surface area contributed by atoms with E-state index >= 15 is 0 Å². The molecule has 0 aromatic heterocycles. The summed E-state index contributed by atoms with van der Waals surface area (Å²) in [6.07, 6.45) is 13.2. The number of carbonyl (C=O) groups is 2. The zero-order chi connectivity index (χ0) is 15.8. The molecule has 0 aliphatic carbocycles. The molecule has 0 amide bonds. The maximum atomic E-state index is 11.5. The van der Waals surface area contributed by atoms with Crippen LogP contribution in [-0.4, -0.2) is 16.9 Å². The number of ketones is 1. The lowest BCUT2D eigenvalue weighted by Crippen LogP contribution is -1.93. The van der Waals surface area contributed by atoms with Crippen LogP contribution in [0.15, 0.2) is 12.2 Å². The largest absolute Gasteiger partial charge is 0.481 e. The predicted molar refractivity (Wildman–Crippen MR) is 86.0 cm³/mol. The van der Waals surface area contributed by atoms with E-state index in [9.17, 15) is 9.59 Å². The Morgan fingerprint density at radius 3 is 2.33 bits per heavy atom. The average molecular weight is 292 g/mol. The number of allylic oxidation sites excluding steroid dienone is 2. The lowest BCUT2D eigenvalue weighted by molar-refractivity contribution is -0.137. The van der Waals surface area contributed by atoms with Crippen LogP contribution in [0.3, 0.4) is 0 Å². The van der Waals surface area contributed by atoms with Crippen molar-refractivity contribution in [2.24, 2.45) is 0 Å². The maximum absolute atomic E-state index is 11.5. The van der Waals surface area contributed by atoms with E-state index in [4.69, 9.17) is 5.11 Å². The Labute approximate surface area is 128 Å². The van der Waals surface area contributed by atoms with Gasteiger partial charge in [-0.25, -0.2) is 0 Å². The molecule has 0 saturated carbocycles. The van der Waals surface area contributed by atoms with Gasteiger partial charge in [-0.1, -0.05) is 50.9 Å². The number of carboxylic acid groups (broad SMARTS) is 1. The standard InChI is InChI=1S/C18H28O3/c1-2-3-4-5-8-11-14-17(19)15-12-9-6-7-10-13-16-18(20)21/h12,15H,2-5,7-8,10-11,13-14,16H2,1H3,(H,20,21). The molecular weight excluding hydrogens is 264 g/mol. The highest BCUT2D eigenvalue weighted by atomic mass is 16.4. The molecule has 21 heavy (non-hydrogen) atoms. The molecule has 0 aromatic rings. The highest BCUT2D eigenvalue weighted by Crippen LogP contribution is 2.07. The highest BCUT2D eigenvalue weighted by Gasteiger charge is 1.96. The Morgan fingerprint density at radius 2 is 1.62 bits per heavy atom. The molecular formula is C18H28O3. The van der Waals surface area contributed by atoms with Crippen molar-refractivity contribution in [3.8, 4) is 11.8 Å². The minimum atomic E-state index is -0.761. The molecule has 0 aromatic carbocycles. The van der Waals surface area contributed by atoms with Gasteiger partial charge in [-0.05, 0) is 31.4 Å². The number of unbranched alkanes of at least 4 members (excludes halogenated alkanes) is 7. The van der Waals surface area contributed by atoms with Crippen LogP contribution in [0.5, 0.6) is 0 Å². The van der Waals surface area contributed by atoms with Crippen molar-refractivity contribution < 1.29 is 14.7 Å². The molecule has 3 nitrogen and oxygen atoms in total. The van der Waals surface area contributed by atoms with Crippen molar-refractivity contribution in [3.05, 3.63) is 12.2 Å². The average Bonchev–Trinajstić information content (AvgIpc) is 2.45. The van der Waals surface area contributed by atoms with E-state index in [0.29, 0.717) is 19.3 Å². The fourth-order valence-electron chi connectivity index (χ4n) is 1.92. The molecule has 0 atom stereocenters. The quantitative estimate of drug-likeness (QED) is 0.327. The molecule has 0 spiro atoms. The number of carboxylic acids is 1. The van der Waals surface area contributed by atoms with Crippen LogP contribution in [0.2, 0.25) is 0 Å². The van der Waals surface area contributed by atoms with E-state index in [1.807, 2.05) is 0 Å². The molecule has 0 bridgehead atoms. The van der Waals surface area contributed by atoms with E-state index in [0.717, 1.165) is 19.3 Å². The molecule has 0 unspecified atom stereocenters. The third-order valence-corrected chi connectivity index (χ3v) is 3.17. The Balaban J connectivity index is 3.51. The van der Waals surface area contributed by atoms with Crippen LogP contribution in [0.1, 0.15) is 77.6 Å². The van der Waals surface area contributed by atoms with Crippen LogP contribution in [0.25, 0.3) is 0 Å². The second kappa shape index (κ2) is 14.8. The summed E-state index contributed by atoms with van der Waals surface area (Å²) < 4.78 is 0. The van der Waals surface area contributed by atoms with E-state index in [2.05, 4.69) is 18.8 Å². The van der Waals surface area contributed by atoms with Gasteiger partial charge in [0.15, 0.2) is 5.78 Å². The zero-order valence-electron chi connectivity index (χ0n) is 13.2. The van der Waals surface area contributed by atoms with Crippen LogP contribution in [0.4, 0.5) is 0 Å². The molecule has 0 heterocycles. The molecule has 1 N–H and O–H groups in total. The van der Waals surface area contributed by atoms with Crippen molar-refractivity contribution in [1.82, 2.24) is 0 Å². The Hall–Kier alpha value is -1.56. The van der Waals surface area contributed by atoms with Crippen molar-refractivity contribution in [3.63, 3.8) is 0 Å². The number of hydrogen-bond donors (Lipinski definition) is 1. The lowest BCUT2D eigenvalue weighted by Gasteiger charge is -1.98. The molecule has 0 saturated heterocycles. The van der Waals surface area contributed by atoms with Gasteiger partial charge in [-0.15, -0.1) is 0 Å². The lowest BCUT2D eigenvalue weighted by atomic mass is 10.1. The second-order valence-electron chi connectivity index (χ2n) is 5.24. The molecule has 118 valence electrons. The molecule has 0 aliphatic rings.